The van der Waals surface area contributed by atoms with E-state index in [-0.39, 0.29) is 0 Å². The Balaban J connectivity index is 1.94. The van der Waals surface area contributed by atoms with Crippen molar-refractivity contribution in [3.05, 3.63) is 11.8 Å². The van der Waals surface area contributed by atoms with Crippen LogP contribution in [0.5, 0.6) is 0 Å². The van der Waals surface area contributed by atoms with E-state index >= 15 is 0 Å². The lowest BCUT2D eigenvalue weighted by molar-refractivity contribution is 0.512. The number of hydrogen-bond donors (Lipinski definition) is 1. The number of nitrogens with two attached hydrogens (primary N) is 1. The topological polar surface area (TPSA) is 43.8 Å². The van der Waals surface area contributed by atoms with Gasteiger partial charge in [0.2, 0.25) is 0 Å². The second-order valence-electron chi connectivity index (χ2n) is 4.49. The lowest BCUT2D eigenvalue weighted by Crippen LogP contribution is -1.99. The van der Waals surface area contributed by atoms with Crippen LogP contribution in [-0.2, 0) is 13.5 Å². The molecule has 1 aliphatic rings. The maximum absolute atomic E-state index is 5.70. The van der Waals surface area contributed by atoms with Gasteiger partial charge in [0.25, 0.3) is 0 Å². The molecule has 0 bridgehead atoms. The summed E-state index contributed by atoms with van der Waals surface area (Å²) in [7, 11) is 1.89. The Morgan fingerprint density at radius 3 is 2.77 bits per heavy atom. The van der Waals surface area contributed by atoms with E-state index in [1.54, 1.807) is 4.68 Å². The largest absolute Gasteiger partial charge is 0.384 e. The Morgan fingerprint density at radius 1 is 1.62 bits per heavy atom. The molecule has 1 aromatic rings. The fourth-order valence-electron chi connectivity index (χ4n) is 1.56. The zero-order valence-electron chi connectivity index (χ0n) is 8.38. The van der Waals surface area contributed by atoms with E-state index in [1.165, 1.54) is 19.3 Å². The fourth-order valence-corrected chi connectivity index (χ4v) is 1.56. The maximum Gasteiger partial charge on any atom is 0.121 e. The Hall–Kier alpha value is -0.990. The van der Waals surface area contributed by atoms with Gasteiger partial charge in [0.1, 0.15) is 5.82 Å². The molecule has 3 nitrogen and oxygen atoms in total. The summed E-state index contributed by atoms with van der Waals surface area (Å²) in [6, 6.07) is 1.98. The molecule has 0 spiro atoms. The van der Waals surface area contributed by atoms with Crippen LogP contribution in [0.15, 0.2) is 6.07 Å². The van der Waals surface area contributed by atoms with E-state index in [0.29, 0.717) is 5.41 Å². The van der Waals surface area contributed by atoms with Gasteiger partial charge in [0, 0.05) is 13.1 Å². The SMILES string of the molecule is Cn1nc(CCC2(C)CC2)cc1N. The highest BCUT2D eigenvalue weighted by Gasteiger charge is 2.36. The molecule has 1 aromatic heterocycles. The summed E-state index contributed by atoms with van der Waals surface area (Å²) in [6.07, 6.45) is 5.09. The molecule has 72 valence electrons. The van der Waals surface area contributed by atoms with Gasteiger partial charge in [0.05, 0.1) is 5.69 Å². The average Bonchev–Trinajstić information content (AvgIpc) is 2.72. The molecular formula is C10H17N3. The molecule has 1 saturated carbocycles. The van der Waals surface area contributed by atoms with Gasteiger partial charge in [-0.1, -0.05) is 6.92 Å². The standard InChI is InChI=1S/C10H17N3/c1-10(5-6-10)4-3-8-7-9(11)13(2)12-8/h7H,3-6,11H2,1-2H3. The van der Waals surface area contributed by atoms with Gasteiger partial charge in [-0.3, -0.25) is 4.68 Å². The third kappa shape index (κ3) is 1.85. The number of aryl methyl sites for hydroxylation is 2. The number of aromatic nitrogens is 2. The lowest BCUT2D eigenvalue weighted by atomic mass is 10.0. The monoisotopic (exact) mass is 179 g/mol. The van der Waals surface area contributed by atoms with Crippen molar-refractivity contribution in [3.63, 3.8) is 0 Å². The van der Waals surface area contributed by atoms with Gasteiger partial charge in [-0.15, -0.1) is 0 Å². The van der Waals surface area contributed by atoms with Crippen LogP contribution < -0.4 is 5.73 Å². The van der Waals surface area contributed by atoms with Crippen LogP contribution in [0.3, 0.4) is 0 Å². The van der Waals surface area contributed by atoms with Gasteiger partial charge in [-0.25, -0.2) is 0 Å². The van der Waals surface area contributed by atoms with Gasteiger partial charge < -0.3 is 5.73 Å². The maximum atomic E-state index is 5.70. The third-order valence-electron chi connectivity index (χ3n) is 3.05. The van der Waals surface area contributed by atoms with Crippen molar-refractivity contribution in [1.82, 2.24) is 9.78 Å². The molecule has 0 aromatic carbocycles. The molecule has 0 atom stereocenters. The first-order chi connectivity index (χ1) is 6.09. The zero-order valence-corrected chi connectivity index (χ0v) is 8.38. The third-order valence-corrected chi connectivity index (χ3v) is 3.05. The van der Waals surface area contributed by atoms with Crippen molar-refractivity contribution in [2.24, 2.45) is 12.5 Å². The molecule has 0 radical (unpaired) electrons. The Morgan fingerprint density at radius 2 is 2.31 bits per heavy atom. The molecule has 1 aliphatic carbocycles. The van der Waals surface area contributed by atoms with Crippen LogP contribution in [0.4, 0.5) is 5.82 Å². The molecule has 0 amide bonds. The second-order valence-corrected chi connectivity index (χ2v) is 4.49. The van der Waals surface area contributed by atoms with Gasteiger partial charge in [0.15, 0.2) is 0 Å². The Kier molecular flexibility index (Phi) is 1.82. The van der Waals surface area contributed by atoms with Gasteiger partial charge in [-0.05, 0) is 31.1 Å². The van der Waals surface area contributed by atoms with Crippen LogP contribution in [0.2, 0.25) is 0 Å². The van der Waals surface area contributed by atoms with E-state index in [0.717, 1.165) is 17.9 Å². The minimum absolute atomic E-state index is 0.617. The van der Waals surface area contributed by atoms with Crippen molar-refractivity contribution in [2.45, 2.75) is 32.6 Å². The summed E-state index contributed by atoms with van der Waals surface area (Å²) in [5.74, 6) is 0.760. The highest BCUT2D eigenvalue weighted by Crippen LogP contribution is 2.48. The summed E-state index contributed by atoms with van der Waals surface area (Å²) < 4.78 is 1.74. The number of nitrogens with zero attached hydrogens (tertiary/aromatic N) is 2. The number of anilines is 1. The number of hydrogen-bond acceptors (Lipinski definition) is 2. The molecule has 0 aliphatic heterocycles. The lowest BCUT2D eigenvalue weighted by Gasteiger charge is -2.04. The van der Waals surface area contributed by atoms with Crippen LogP contribution in [0, 0.1) is 5.41 Å². The summed E-state index contributed by atoms with van der Waals surface area (Å²) in [4.78, 5) is 0. The van der Waals surface area contributed by atoms with Crippen LogP contribution in [0.1, 0.15) is 31.9 Å². The van der Waals surface area contributed by atoms with Crippen molar-refractivity contribution >= 4 is 5.82 Å². The van der Waals surface area contributed by atoms with Crippen LogP contribution >= 0.6 is 0 Å². The summed E-state index contributed by atoms with van der Waals surface area (Å²) in [5, 5.41) is 4.33. The van der Waals surface area contributed by atoms with Crippen molar-refractivity contribution in [2.75, 3.05) is 5.73 Å². The molecule has 13 heavy (non-hydrogen) atoms. The predicted molar refractivity (Wildman–Crippen MR) is 53.3 cm³/mol. The highest BCUT2D eigenvalue weighted by atomic mass is 15.3. The van der Waals surface area contributed by atoms with E-state index in [4.69, 9.17) is 5.73 Å². The molecule has 1 fully saturated rings. The quantitative estimate of drug-likeness (QED) is 0.768. The Labute approximate surface area is 78.9 Å². The van der Waals surface area contributed by atoms with Gasteiger partial charge in [-0.2, -0.15) is 5.10 Å². The van der Waals surface area contributed by atoms with Crippen LogP contribution in [0.25, 0.3) is 0 Å². The van der Waals surface area contributed by atoms with Gasteiger partial charge >= 0.3 is 0 Å². The number of rotatable bonds is 3. The smallest absolute Gasteiger partial charge is 0.121 e. The molecular weight excluding hydrogens is 162 g/mol. The minimum Gasteiger partial charge on any atom is -0.384 e. The van der Waals surface area contributed by atoms with E-state index in [9.17, 15) is 0 Å². The molecule has 0 saturated heterocycles. The normalized spacial score (nSPS) is 18.9. The predicted octanol–water partition coefficient (Wildman–Crippen LogP) is 1.73. The Bertz CT molecular complexity index is 290. The first kappa shape index (κ1) is 8.60. The summed E-state index contributed by atoms with van der Waals surface area (Å²) >= 11 is 0. The van der Waals surface area contributed by atoms with E-state index in [2.05, 4.69) is 12.0 Å². The van der Waals surface area contributed by atoms with Crippen molar-refractivity contribution in [3.8, 4) is 0 Å². The highest BCUT2D eigenvalue weighted by molar-refractivity contribution is 5.30. The summed E-state index contributed by atoms with van der Waals surface area (Å²) in [5.41, 5.74) is 7.45. The summed E-state index contributed by atoms with van der Waals surface area (Å²) in [6.45, 7) is 2.35. The van der Waals surface area contributed by atoms with Crippen LogP contribution in [-0.4, -0.2) is 9.78 Å². The number of nitrogen functional groups attached to an aromatic ring is 1. The molecule has 0 unspecified atom stereocenters. The molecule has 3 heteroatoms. The van der Waals surface area contributed by atoms with E-state index < -0.39 is 0 Å². The van der Waals surface area contributed by atoms with Crippen molar-refractivity contribution < 1.29 is 0 Å². The molecule has 2 N–H and O–H groups in total. The van der Waals surface area contributed by atoms with Crippen molar-refractivity contribution in [1.29, 1.82) is 0 Å². The fraction of sp³-hybridized carbons (Fsp3) is 0.700. The van der Waals surface area contributed by atoms with E-state index in [1.807, 2.05) is 13.1 Å². The first-order valence-corrected chi connectivity index (χ1v) is 4.87. The average molecular weight is 179 g/mol. The molecule has 1 heterocycles. The molecule has 2 rings (SSSR count). The first-order valence-electron chi connectivity index (χ1n) is 4.87. The minimum atomic E-state index is 0.617. The second kappa shape index (κ2) is 2.76. The zero-order chi connectivity index (χ0) is 9.47.